The summed E-state index contributed by atoms with van der Waals surface area (Å²) < 4.78 is 40.8. The summed E-state index contributed by atoms with van der Waals surface area (Å²) in [5.41, 5.74) is 16.2. The molecule has 8 N–H and O–H groups in total. The van der Waals surface area contributed by atoms with E-state index in [1.165, 1.54) is 19.2 Å². The molecular formula is C21H28N8O8S2. The standard InChI is InChI=1S/C21H28N8O8S2/c1-21(2)16(19(31)29(21)37-39(32,33)34)27-18(30)15(14-11-38-20(24)26-14)28-36-10-9-35-13-5-3-12(4-6-13)17(23)25-8-7-22/h3-6,11,16H,7-10,22H2,1-2H3,(H2,23,25)(H2,24,26)(H,27,30)(H,32,33,34)/b28-15-/t16-/m1/s1. The first-order valence-corrected chi connectivity index (χ1v) is 13.5. The van der Waals surface area contributed by atoms with E-state index in [0.717, 1.165) is 16.9 Å². The van der Waals surface area contributed by atoms with Gasteiger partial charge < -0.3 is 32.1 Å². The van der Waals surface area contributed by atoms with Crippen molar-refractivity contribution in [1.29, 1.82) is 0 Å². The number of hydroxylamine groups is 2. The van der Waals surface area contributed by atoms with Gasteiger partial charge in [0.15, 0.2) is 17.5 Å². The largest absolute Gasteiger partial charge is 0.490 e. The minimum Gasteiger partial charge on any atom is -0.490 e. The van der Waals surface area contributed by atoms with E-state index in [1.54, 1.807) is 24.3 Å². The number of ether oxygens (including phenoxy) is 1. The number of thiazole rings is 1. The molecule has 39 heavy (non-hydrogen) atoms. The lowest BCUT2D eigenvalue weighted by molar-refractivity contribution is -0.218. The van der Waals surface area contributed by atoms with Gasteiger partial charge in [0.2, 0.25) is 0 Å². The van der Waals surface area contributed by atoms with Gasteiger partial charge in [-0.25, -0.2) is 4.98 Å². The second-order valence-corrected chi connectivity index (χ2v) is 10.4. The predicted molar refractivity (Wildman–Crippen MR) is 141 cm³/mol. The molecule has 2 aromatic rings. The summed E-state index contributed by atoms with van der Waals surface area (Å²) >= 11 is 1.06. The van der Waals surface area contributed by atoms with Gasteiger partial charge in [0.05, 0.1) is 12.1 Å². The Bertz CT molecular complexity index is 1360. The number of amides is 2. The number of nitrogens with one attached hydrogen (secondary N) is 1. The Morgan fingerprint density at radius 1 is 1.28 bits per heavy atom. The molecule has 1 aromatic heterocycles. The number of carbonyl (C=O) groups is 2. The molecule has 0 aliphatic carbocycles. The molecule has 3 rings (SSSR count). The Labute approximate surface area is 227 Å². The molecule has 16 nitrogen and oxygen atoms in total. The monoisotopic (exact) mass is 584 g/mol. The van der Waals surface area contributed by atoms with Gasteiger partial charge in [0, 0.05) is 17.5 Å². The van der Waals surface area contributed by atoms with Crippen molar-refractivity contribution in [2.24, 2.45) is 21.6 Å². The number of anilines is 1. The van der Waals surface area contributed by atoms with Gasteiger partial charge in [0.25, 0.3) is 11.8 Å². The molecular weight excluding hydrogens is 556 g/mol. The maximum absolute atomic E-state index is 13.0. The summed E-state index contributed by atoms with van der Waals surface area (Å²) in [7, 11) is -4.94. The Morgan fingerprint density at radius 2 is 1.97 bits per heavy atom. The zero-order valence-corrected chi connectivity index (χ0v) is 22.6. The normalized spacial score (nSPS) is 17.5. The lowest BCUT2D eigenvalue weighted by Gasteiger charge is -2.50. The number of amidine groups is 1. The number of hydrogen-bond donors (Lipinski definition) is 5. The SMILES string of the molecule is CC1(C)[C@H](NC(=O)/C(=N\OCCOc2ccc(C(N)=NCCN)cc2)c2csc(N)n2)C(=O)N1OS(=O)(=O)O. The highest BCUT2D eigenvalue weighted by molar-refractivity contribution is 7.80. The van der Waals surface area contributed by atoms with Crippen molar-refractivity contribution in [2.75, 3.05) is 32.0 Å². The zero-order valence-electron chi connectivity index (χ0n) is 20.9. The van der Waals surface area contributed by atoms with Crippen LogP contribution in [0.4, 0.5) is 5.13 Å². The number of nitrogens with two attached hydrogens (primary N) is 3. The van der Waals surface area contributed by atoms with Crippen LogP contribution < -0.4 is 27.3 Å². The second kappa shape index (κ2) is 12.3. The first-order chi connectivity index (χ1) is 18.3. The zero-order chi connectivity index (χ0) is 28.8. The van der Waals surface area contributed by atoms with E-state index in [-0.39, 0.29) is 29.8 Å². The van der Waals surface area contributed by atoms with Crippen molar-refractivity contribution in [3.05, 3.63) is 40.9 Å². The van der Waals surface area contributed by atoms with E-state index in [9.17, 15) is 18.0 Å². The summed E-state index contributed by atoms with van der Waals surface area (Å²) in [6.07, 6.45) is 0. The van der Waals surface area contributed by atoms with Crippen molar-refractivity contribution in [2.45, 2.75) is 25.4 Å². The summed E-state index contributed by atoms with van der Waals surface area (Å²) in [4.78, 5) is 38.8. The van der Waals surface area contributed by atoms with E-state index >= 15 is 0 Å². The molecule has 0 bridgehead atoms. The number of rotatable bonds is 13. The lowest BCUT2D eigenvalue weighted by Crippen LogP contribution is -2.76. The number of aromatic nitrogens is 1. The molecule has 18 heteroatoms. The lowest BCUT2D eigenvalue weighted by atomic mass is 9.84. The number of aliphatic imine (C=N–C) groups is 1. The molecule has 1 fully saturated rings. The van der Waals surface area contributed by atoms with Crippen LogP contribution >= 0.6 is 11.3 Å². The van der Waals surface area contributed by atoms with Gasteiger partial charge in [-0.05, 0) is 38.1 Å². The maximum atomic E-state index is 13.0. The molecule has 0 radical (unpaired) electrons. The van der Waals surface area contributed by atoms with Crippen molar-refractivity contribution >= 4 is 50.2 Å². The molecule has 0 saturated carbocycles. The molecule has 1 aliphatic rings. The molecule has 1 aromatic carbocycles. The van der Waals surface area contributed by atoms with E-state index in [4.69, 9.17) is 31.3 Å². The third kappa shape index (κ3) is 7.60. The Balaban J connectivity index is 1.61. The van der Waals surface area contributed by atoms with Crippen molar-refractivity contribution in [3.8, 4) is 5.75 Å². The average Bonchev–Trinajstić information content (AvgIpc) is 3.31. The van der Waals surface area contributed by atoms with Crippen LogP contribution in [0, 0.1) is 0 Å². The Morgan fingerprint density at radius 3 is 2.54 bits per heavy atom. The van der Waals surface area contributed by atoms with Gasteiger partial charge in [-0.1, -0.05) is 5.16 Å². The maximum Gasteiger partial charge on any atom is 0.418 e. The first-order valence-electron chi connectivity index (χ1n) is 11.3. The van der Waals surface area contributed by atoms with E-state index in [0.29, 0.717) is 29.7 Å². The van der Waals surface area contributed by atoms with Crippen LogP contribution in [0.25, 0.3) is 0 Å². The van der Waals surface area contributed by atoms with Crippen LogP contribution in [0.1, 0.15) is 25.1 Å². The molecule has 2 amide bonds. The molecule has 1 aliphatic heterocycles. The fourth-order valence-electron chi connectivity index (χ4n) is 3.33. The summed E-state index contributed by atoms with van der Waals surface area (Å²) in [5.74, 6) is -0.853. The number of benzene rings is 1. The topological polar surface area (TPSA) is 247 Å². The molecule has 0 spiro atoms. The van der Waals surface area contributed by atoms with Crippen LogP contribution in [0.15, 0.2) is 39.8 Å². The Hall–Kier alpha value is -3.84. The third-order valence-electron chi connectivity index (χ3n) is 5.26. The smallest absolute Gasteiger partial charge is 0.418 e. The highest BCUT2D eigenvalue weighted by Gasteiger charge is 2.58. The summed E-state index contributed by atoms with van der Waals surface area (Å²) in [6, 6.07) is 5.68. The summed E-state index contributed by atoms with van der Waals surface area (Å²) in [6.45, 7) is 3.68. The molecule has 0 unspecified atom stereocenters. The number of nitrogen functional groups attached to an aromatic ring is 1. The fraction of sp³-hybridized carbons (Fsp3) is 0.381. The van der Waals surface area contributed by atoms with Crippen LogP contribution in [0.5, 0.6) is 5.75 Å². The van der Waals surface area contributed by atoms with Gasteiger partial charge in [-0.15, -0.1) is 15.6 Å². The molecule has 1 saturated heterocycles. The van der Waals surface area contributed by atoms with Crippen LogP contribution in [-0.4, -0.2) is 84.3 Å². The Kier molecular flexibility index (Phi) is 9.41. The molecule has 212 valence electrons. The number of carbonyl (C=O) groups excluding carboxylic acids is 2. The molecule has 1 atom stereocenters. The second-order valence-electron chi connectivity index (χ2n) is 8.47. The number of hydrogen-bond acceptors (Lipinski definition) is 13. The molecule has 2 heterocycles. The van der Waals surface area contributed by atoms with Crippen LogP contribution in [0.2, 0.25) is 0 Å². The number of nitrogens with zero attached hydrogens (tertiary/aromatic N) is 4. The average molecular weight is 585 g/mol. The minimum absolute atomic E-state index is 0.0535. The summed E-state index contributed by atoms with van der Waals surface area (Å²) in [5, 5.41) is 8.36. The minimum atomic E-state index is -4.94. The quantitative estimate of drug-likeness (QED) is 0.0476. The number of oxime groups is 1. The van der Waals surface area contributed by atoms with Gasteiger partial charge >= 0.3 is 10.4 Å². The number of β-lactam (4-membered cyclic amide) rings is 1. The van der Waals surface area contributed by atoms with Crippen LogP contribution in [-0.2, 0) is 29.1 Å². The van der Waals surface area contributed by atoms with Gasteiger partial charge in [-0.3, -0.25) is 19.1 Å². The predicted octanol–water partition coefficient (Wildman–Crippen LogP) is -0.971. The fourth-order valence-corrected chi connectivity index (χ4v) is 4.33. The van der Waals surface area contributed by atoms with Crippen molar-refractivity contribution in [1.82, 2.24) is 15.4 Å². The highest BCUT2D eigenvalue weighted by atomic mass is 32.3. The van der Waals surface area contributed by atoms with Crippen molar-refractivity contribution in [3.63, 3.8) is 0 Å². The van der Waals surface area contributed by atoms with Crippen LogP contribution in [0.3, 0.4) is 0 Å². The van der Waals surface area contributed by atoms with Gasteiger partial charge in [-0.2, -0.15) is 13.5 Å². The van der Waals surface area contributed by atoms with E-state index < -0.39 is 33.8 Å². The first kappa shape index (κ1) is 29.7. The van der Waals surface area contributed by atoms with E-state index in [2.05, 4.69) is 24.7 Å². The highest BCUT2D eigenvalue weighted by Crippen LogP contribution is 2.32. The van der Waals surface area contributed by atoms with Crippen molar-refractivity contribution < 1.29 is 36.4 Å². The third-order valence-corrected chi connectivity index (χ3v) is 6.27. The van der Waals surface area contributed by atoms with Gasteiger partial charge in [0.1, 0.15) is 29.9 Å². The van der Waals surface area contributed by atoms with E-state index in [1.807, 2.05) is 0 Å².